The summed E-state index contributed by atoms with van der Waals surface area (Å²) in [5, 5.41) is 2.72. The molecular weight excluding hydrogens is 358 g/mol. The zero-order valence-corrected chi connectivity index (χ0v) is 14.9. The molecular formula is C18H20BrNO3. The molecule has 0 saturated heterocycles. The first-order chi connectivity index (χ1) is 11.0. The molecule has 0 saturated carbocycles. The van der Waals surface area contributed by atoms with Gasteiger partial charge < -0.3 is 10.1 Å². The van der Waals surface area contributed by atoms with Crippen molar-refractivity contribution in [1.29, 1.82) is 0 Å². The zero-order chi connectivity index (χ0) is 17.2. The summed E-state index contributed by atoms with van der Waals surface area (Å²) in [7, 11) is 1.63. The van der Waals surface area contributed by atoms with E-state index in [2.05, 4.69) is 27.8 Å². The van der Waals surface area contributed by atoms with Gasteiger partial charge in [0.25, 0.3) is 5.91 Å². The normalized spacial score (nSPS) is 20.7. The second kappa shape index (κ2) is 9.79. The van der Waals surface area contributed by atoms with Gasteiger partial charge in [-0.1, -0.05) is 40.7 Å². The minimum absolute atomic E-state index is 0.287. The number of amides is 1. The van der Waals surface area contributed by atoms with E-state index in [1.807, 2.05) is 12.2 Å². The van der Waals surface area contributed by atoms with Gasteiger partial charge in [0.15, 0.2) is 6.29 Å². The van der Waals surface area contributed by atoms with Crippen LogP contribution in [0, 0.1) is 0 Å². The van der Waals surface area contributed by atoms with Crippen molar-refractivity contribution < 1.29 is 14.3 Å². The lowest BCUT2D eigenvalue weighted by atomic mass is 10.1. The molecule has 0 bridgehead atoms. The molecule has 1 amide bonds. The van der Waals surface area contributed by atoms with Crippen LogP contribution in [0.2, 0.25) is 0 Å². The summed E-state index contributed by atoms with van der Waals surface area (Å²) in [4.78, 5) is 23.6. The first-order valence-corrected chi connectivity index (χ1v) is 7.87. The summed E-state index contributed by atoms with van der Waals surface area (Å²) < 4.78 is 5.97. The van der Waals surface area contributed by atoms with Gasteiger partial charge >= 0.3 is 0 Å². The van der Waals surface area contributed by atoms with Crippen LogP contribution < -0.4 is 5.32 Å². The van der Waals surface area contributed by atoms with E-state index in [0.29, 0.717) is 36.0 Å². The number of nitrogens with one attached hydrogen (secondary N) is 1. The monoisotopic (exact) mass is 377 g/mol. The Bertz CT molecular complexity index is 633. The Morgan fingerprint density at radius 2 is 2.17 bits per heavy atom. The third-order valence-electron chi connectivity index (χ3n) is 3.07. The van der Waals surface area contributed by atoms with Crippen molar-refractivity contribution in [1.82, 2.24) is 5.32 Å². The maximum atomic E-state index is 12.4. The lowest BCUT2D eigenvalue weighted by Gasteiger charge is -2.10. The van der Waals surface area contributed by atoms with Crippen molar-refractivity contribution in [3.05, 3.63) is 70.1 Å². The highest BCUT2D eigenvalue weighted by Crippen LogP contribution is 2.14. The number of halogens is 1. The molecule has 1 N–H and O–H groups in total. The van der Waals surface area contributed by atoms with Gasteiger partial charge in [-0.15, -0.1) is 0 Å². The van der Waals surface area contributed by atoms with Gasteiger partial charge in [-0.2, -0.15) is 0 Å². The summed E-state index contributed by atoms with van der Waals surface area (Å²) in [6.07, 6.45) is 12.3. The average molecular weight is 378 g/mol. The molecule has 0 radical (unpaired) electrons. The van der Waals surface area contributed by atoms with E-state index >= 15 is 0 Å². The summed E-state index contributed by atoms with van der Waals surface area (Å²) in [6, 6.07) is 0. The van der Waals surface area contributed by atoms with Crippen molar-refractivity contribution in [2.75, 3.05) is 7.11 Å². The van der Waals surface area contributed by atoms with Gasteiger partial charge in [0, 0.05) is 17.6 Å². The highest BCUT2D eigenvalue weighted by Gasteiger charge is 2.11. The van der Waals surface area contributed by atoms with Crippen molar-refractivity contribution in [3.63, 3.8) is 0 Å². The fourth-order valence-corrected chi connectivity index (χ4v) is 2.18. The highest BCUT2D eigenvalue weighted by atomic mass is 79.9. The number of ether oxygens (including phenoxy) is 1. The molecule has 1 rings (SSSR count). The smallest absolute Gasteiger partial charge is 0.255 e. The number of hydrogen-bond donors (Lipinski definition) is 1. The van der Waals surface area contributed by atoms with Crippen LogP contribution in [0.25, 0.3) is 0 Å². The van der Waals surface area contributed by atoms with Gasteiger partial charge in [-0.25, -0.2) is 0 Å². The van der Waals surface area contributed by atoms with E-state index in [-0.39, 0.29) is 5.91 Å². The summed E-state index contributed by atoms with van der Waals surface area (Å²) in [5.41, 5.74) is 1.24. The maximum absolute atomic E-state index is 12.4. The van der Waals surface area contributed by atoms with Gasteiger partial charge in [-0.3, -0.25) is 9.59 Å². The lowest BCUT2D eigenvalue weighted by Crippen LogP contribution is -2.24. The number of methoxy groups -OCH3 is 1. The molecule has 5 heteroatoms. The van der Waals surface area contributed by atoms with Crippen molar-refractivity contribution >= 4 is 28.1 Å². The molecule has 1 aliphatic rings. The van der Waals surface area contributed by atoms with Crippen LogP contribution in [-0.4, -0.2) is 19.3 Å². The van der Waals surface area contributed by atoms with Gasteiger partial charge in [0.05, 0.1) is 18.6 Å². The maximum Gasteiger partial charge on any atom is 0.255 e. The lowest BCUT2D eigenvalue weighted by molar-refractivity contribution is -0.116. The third-order valence-corrected chi connectivity index (χ3v) is 3.30. The van der Waals surface area contributed by atoms with Crippen LogP contribution in [0.4, 0.5) is 0 Å². The molecule has 0 aromatic rings. The minimum Gasteiger partial charge on any atom is -0.501 e. The van der Waals surface area contributed by atoms with E-state index in [1.165, 1.54) is 6.08 Å². The van der Waals surface area contributed by atoms with Crippen LogP contribution in [0.1, 0.15) is 19.8 Å². The molecule has 0 unspecified atom stereocenters. The Kier molecular flexibility index (Phi) is 8.05. The number of carbonyl (C=O) groups is 2. The Morgan fingerprint density at radius 1 is 1.43 bits per heavy atom. The predicted octanol–water partition coefficient (Wildman–Crippen LogP) is 3.85. The van der Waals surface area contributed by atoms with E-state index in [0.717, 1.165) is 10.2 Å². The summed E-state index contributed by atoms with van der Waals surface area (Å²) in [6.45, 7) is 5.45. The Balaban J connectivity index is 2.99. The van der Waals surface area contributed by atoms with E-state index in [4.69, 9.17) is 4.74 Å². The Morgan fingerprint density at radius 3 is 2.74 bits per heavy atom. The van der Waals surface area contributed by atoms with E-state index in [9.17, 15) is 9.59 Å². The molecule has 0 fully saturated rings. The number of allylic oxidation sites excluding steroid dienone is 7. The molecule has 4 nitrogen and oxygen atoms in total. The van der Waals surface area contributed by atoms with Crippen molar-refractivity contribution in [3.8, 4) is 0 Å². The molecule has 0 aromatic carbocycles. The SMILES string of the molecule is C=C/C(NC(=O)/C1=C/C/C=C(/OC)CC=C1)=C(C=O)\C=C(/C)Br. The zero-order valence-electron chi connectivity index (χ0n) is 13.3. The standard InChI is InChI=1S/C18H20BrNO3/c1-4-17(15(12-21)11-13(2)19)20-18(22)14-7-5-9-16(23-3)10-6-8-14/h4-5,7-8,10-12H,1,6,9H2,2-3H3,(H,20,22)/b7-5?,13-11+,14-8+,16-10+,17-15-. The van der Waals surface area contributed by atoms with Gasteiger partial charge in [0.2, 0.25) is 0 Å². The first-order valence-electron chi connectivity index (χ1n) is 7.08. The van der Waals surface area contributed by atoms with Crippen LogP contribution in [0.15, 0.2) is 70.1 Å². The number of aldehydes is 1. The topological polar surface area (TPSA) is 55.4 Å². The molecule has 122 valence electrons. The van der Waals surface area contributed by atoms with Crippen LogP contribution in [-0.2, 0) is 14.3 Å². The fourth-order valence-electron chi connectivity index (χ4n) is 1.93. The predicted molar refractivity (Wildman–Crippen MR) is 95.7 cm³/mol. The van der Waals surface area contributed by atoms with Gasteiger partial charge in [0.1, 0.15) is 0 Å². The first kappa shape index (κ1) is 18.9. The number of hydrogen-bond acceptors (Lipinski definition) is 3. The summed E-state index contributed by atoms with van der Waals surface area (Å²) in [5.74, 6) is 0.579. The van der Waals surface area contributed by atoms with Crippen molar-refractivity contribution in [2.24, 2.45) is 0 Å². The molecule has 0 spiro atoms. The fraction of sp³-hybridized carbons (Fsp3) is 0.222. The third kappa shape index (κ3) is 6.24. The number of carbonyl (C=O) groups excluding carboxylic acids is 2. The van der Waals surface area contributed by atoms with Crippen LogP contribution >= 0.6 is 15.9 Å². The second-order valence-corrected chi connectivity index (χ2v) is 6.00. The van der Waals surface area contributed by atoms with Gasteiger partial charge in [-0.05, 0) is 36.1 Å². The number of rotatable bonds is 6. The minimum atomic E-state index is -0.287. The Hall–Kier alpha value is -2.14. The average Bonchev–Trinajstić information content (AvgIpc) is 2.50. The second-order valence-electron chi connectivity index (χ2n) is 4.75. The van der Waals surface area contributed by atoms with Crippen LogP contribution in [0.5, 0.6) is 0 Å². The molecule has 0 atom stereocenters. The largest absolute Gasteiger partial charge is 0.501 e. The van der Waals surface area contributed by atoms with Crippen molar-refractivity contribution in [2.45, 2.75) is 19.8 Å². The quantitative estimate of drug-likeness (QED) is 0.434. The van der Waals surface area contributed by atoms with Crippen LogP contribution in [0.3, 0.4) is 0 Å². The molecule has 0 aliphatic heterocycles. The molecule has 1 aliphatic carbocycles. The van der Waals surface area contributed by atoms with E-state index in [1.54, 1.807) is 32.3 Å². The summed E-state index contributed by atoms with van der Waals surface area (Å²) >= 11 is 3.27. The molecule has 0 heterocycles. The Labute approximate surface area is 145 Å². The highest BCUT2D eigenvalue weighted by molar-refractivity contribution is 9.11. The molecule has 0 aromatic heterocycles. The molecule has 23 heavy (non-hydrogen) atoms. The van der Waals surface area contributed by atoms with E-state index < -0.39 is 0 Å².